The van der Waals surface area contributed by atoms with Crippen LogP contribution in [0.3, 0.4) is 0 Å². The summed E-state index contributed by atoms with van der Waals surface area (Å²) < 4.78 is 3.17. The van der Waals surface area contributed by atoms with Crippen molar-refractivity contribution in [3.8, 4) is 0 Å². The number of thiophene rings is 1. The first kappa shape index (κ1) is 23.2. The van der Waals surface area contributed by atoms with E-state index in [0.29, 0.717) is 18.8 Å². The van der Waals surface area contributed by atoms with Gasteiger partial charge < -0.3 is 14.8 Å². The highest BCUT2D eigenvalue weighted by Gasteiger charge is 2.48. The Bertz CT molecular complexity index is 1160. The van der Waals surface area contributed by atoms with Crippen molar-refractivity contribution >= 4 is 33.4 Å². The zero-order chi connectivity index (χ0) is 23.7. The topological polar surface area (TPSA) is 54.3 Å². The average Bonchev–Trinajstić information content (AvgIpc) is 3.41. The third-order valence-corrected chi connectivity index (χ3v) is 8.66. The number of carbonyl (C=O) groups is 2. The molecule has 2 atom stereocenters. The molecule has 5 rings (SSSR count). The van der Waals surface area contributed by atoms with E-state index in [1.807, 2.05) is 36.1 Å². The zero-order valence-corrected chi connectivity index (χ0v) is 21.1. The van der Waals surface area contributed by atoms with Crippen LogP contribution >= 0.6 is 11.3 Å². The number of nitrogens with zero attached hydrogens (tertiary/aromatic N) is 2. The van der Waals surface area contributed by atoms with Crippen molar-refractivity contribution in [2.75, 3.05) is 6.54 Å². The van der Waals surface area contributed by atoms with Crippen LogP contribution in [0.25, 0.3) is 10.2 Å². The molecule has 1 fully saturated rings. The lowest BCUT2D eigenvalue weighted by Gasteiger charge is -2.45. The minimum atomic E-state index is -0.941. The molecule has 0 radical (unpaired) electrons. The molecular formula is C28H35N3O2S. The van der Waals surface area contributed by atoms with Crippen LogP contribution in [-0.2, 0) is 11.3 Å². The van der Waals surface area contributed by atoms with Gasteiger partial charge in [-0.15, -0.1) is 11.3 Å². The molecule has 0 saturated heterocycles. The van der Waals surface area contributed by atoms with Crippen molar-refractivity contribution in [3.63, 3.8) is 0 Å². The van der Waals surface area contributed by atoms with Crippen LogP contribution in [0, 0.1) is 0 Å². The molecule has 0 spiro atoms. The maximum absolute atomic E-state index is 14.0. The summed E-state index contributed by atoms with van der Waals surface area (Å²) in [4.78, 5) is 29.7. The number of benzene rings is 1. The molecule has 2 amide bonds. The van der Waals surface area contributed by atoms with E-state index in [9.17, 15) is 9.59 Å². The number of amides is 2. The first-order chi connectivity index (χ1) is 16.5. The lowest BCUT2D eigenvalue weighted by Crippen LogP contribution is -2.65. The molecule has 34 heavy (non-hydrogen) atoms. The third-order valence-electron chi connectivity index (χ3n) is 7.80. The molecule has 2 aliphatic rings. The van der Waals surface area contributed by atoms with E-state index in [-0.39, 0.29) is 23.8 Å². The Labute approximate surface area is 206 Å². The zero-order valence-electron chi connectivity index (χ0n) is 20.3. The quantitative estimate of drug-likeness (QED) is 0.494. The van der Waals surface area contributed by atoms with E-state index >= 15 is 0 Å². The number of carbonyl (C=O) groups excluding carboxylic acids is 2. The third kappa shape index (κ3) is 4.28. The van der Waals surface area contributed by atoms with Crippen molar-refractivity contribution in [2.24, 2.45) is 0 Å². The van der Waals surface area contributed by atoms with Gasteiger partial charge in [-0.1, -0.05) is 69.4 Å². The summed E-state index contributed by atoms with van der Waals surface area (Å²) in [5.41, 5.74) is 1.98. The van der Waals surface area contributed by atoms with Gasteiger partial charge in [0.1, 0.15) is 11.2 Å². The minimum absolute atomic E-state index is 0.0191. The van der Waals surface area contributed by atoms with Crippen LogP contribution in [0.1, 0.15) is 80.8 Å². The van der Waals surface area contributed by atoms with Gasteiger partial charge in [-0.05, 0) is 48.8 Å². The van der Waals surface area contributed by atoms with Gasteiger partial charge in [0.05, 0.1) is 16.8 Å². The molecule has 1 saturated carbocycles. The Morgan fingerprint density at radius 2 is 1.82 bits per heavy atom. The van der Waals surface area contributed by atoms with Crippen molar-refractivity contribution in [3.05, 3.63) is 59.1 Å². The molecule has 0 bridgehead atoms. The summed E-state index contributed by atoms with van der Waals surface area (Å²) in [6.45, 7) is 5.09. The van der Waals surface area contributed by atoms with Crippen LogP contribution in [0.15, 0.2) is 47.8 Å². The van der Waals surface area contributed by atoms with Crippen LogP contribution in [0.5, 0.6) is 0 Å². The number of hydrogen-bond acceptors (Lipinski definition) is 3. The SMILES string of the molecule is C[C@H](CN1C(=O)c2cc3sccc3n2C[C@]1(C)C(=O)NC1CCCCCCC1)c1ccccc1. The molecule has 5 nitrogen and oxygen atoms in total. The van der Waals surface area contributed by atoms with Gasteiger partial charge in [0.25, 0.3) is 5.91 Å². The van der Waals surface area contributed by atoms with Gasteiger partial charge in [0.2, 0.25) is 5.91 Å². The lowest BCUT2D eigenvalue weighted by atomic mass is 9.90. The van der Waals surface area contributed by atoms with Crippen molar-refractivity contribution in [1.82, 2.24) is 14.8 Å². The number of hydrogen-bond donors (Lipinski definition) is 1. The Hall–Kier alpha value is -2.60. The van der Waals surface area contributed by atoms with Gasteiger partial charge >= 0.3 is 0 Å². The molecule has 1 aromatic carbocycles. The highest BCUT2D eigenvalue weighted by molar-refractivity contribution is 7.17. The molecule has 3 aromatic rings. The van der Waals surface area contributed by atoms with E-state index in [4.69, 9.17) is 0 Å². The number of aromatic nitrogens is 1. The summed E-state index contributed by atoms with van der Waals surface area (Å²) in [6, 6.07) is 14.5. The first-order valence-corrected chi connectivity index (χ1v) is 13.6. The van der Waals surface area contributed by atoms with Crippen molar-refractivity contribution in [2.45, 2.75) is 82.8 Å². The molecule has 180 valence electrons. The normalized spacial score (nSPS) is 22.8. The predicted octanol–water partition coefficient (Wildman–Crippen LogP) is 5.95. The fraction of sp³-hybridized carbons (Fsp3) is 0.500. The number of nitrogens with one attached hydrogen (secondary N) is 1. The molecular weight excluding hydrogens is 442 g/mol. The summed E-state index contributed by atoms with van der Waals surface area (Å²) in [6.07, 6.45) is 8.15. The molecule has 6 heteroatoms. The first-order valence-electron chi connectivity index (χ1n) is 12.7. The molecule has 3 heterocycles. The second kappa shape index (κ2) is 9.57. The number of rotatable bonds is 5. The minimum Gasteiger partial charge on any atom is -0.351 e. The van der Waals surface area contributed by atoms with Crippen LogP contribution in [0.4, 0.5) is 0 Å². The van der Waals surface area contributed by atoms with Gasteiger partial charge in [0, 0.05) is 12.6 Å². The molecule has 2 aromatic heterocycles. The number of fused-ring (bicyclic) bond motifs is 3. The highest BCUT2D eigenvalue weighted by atomic mass is 32.1. The van der Waals surface area contributed by atoms with Gasteiger partial charge in [-0.2, -0.15) is 0 Å². The van der Waals surface area contributed by atoms with Crippen LogP contribution < -0.4 is 5.32 Å². The fourth-order valence-electron chi connectivity index (χ4n) is 5.66. The van der Waals surface area contributed by atoms with Gasteiger partial charge in [-0.25, -0.2) is 0 Å². The Morgan fingerprint density at radius 1 is 1.12 bits per heavy atom. The van der Waals surface area contributed by atoms with E-state index < -0.39 is 5.54 Å². The van der Waals surface area contributed by atoms with Gasteiger partial charge in [0.15, 0.2) is 0 Å². The summed E-state index contributed by atoms with van der Waals surface area (Å²) in [7, 11) is 0. The van der Waals surface area contributed by atoms with E-state index in [2.05, 4.69) is 40.4 Å². The van der Waals surface area contributed by atoms with E-state index in [1.54, 1.807) is 11.3 Å². The maximum Gasteiger partial charge on any atom is 0.271 e. The molecule has 1 aliphatic carbocycles. The summed E-state index contributed by atoms with van der Waals surface area (Å²) in [5.74, 6) is 0.0588. The van der Waals surface area contributed by atoms with Crippen molar-refractivity contribution in [1.29, 1.82) is 0 Å². The predicted molar refractivity (Wildman–Crippen MR) is 138 cm³/mol. The monoisotopic (exact) mass is 477 g/mol. The van der Waals surface area contributed by atoms with Crippen LogP contribution in [-0.4, -0.2) is 39.4 Å². The molecule has 0 unspecified atom stereocenters. The van der Waals surface area contributed by atoms with Crippen molar-refractivity contribution < 1.29 is 9.59 Å². The second-order valence-electron chi connectivity index (χ2n) is 10.3. The summed E-state index contributed by atoms with van der Waals surface area (Å²) >= 11 is 1.64. The highest BCUT2D eigenvalue weighted by Crippen LogP contribution is 2.36. The molecule has 1 aliphatic heterocycles. The maximum atomic E-state index is 14.0. The average molecular weight is 478 g/mol. The summed E-state index contributed by atoms with van der Waals surface area (Å²) in [5, 5.41) is 5.44. The van der Waals surface area contributed by atoms with Gasteiger partial charge in [-0.3, -0.25) is 9.59 Å². The smallest absolute Gasteiger partial charge is 0.271 e. The Morgan fingerprint density at radius 3 is 2.56 bits per heavy atom. The largest absolute Gasteiger partial charge is 0.351 e. The fourth-order valence-corrected chi connectivity index (χ4v) is 6.48. The van der Waals surface area contributed by atoms with E-state index in [0.717, 1.165) is 35.9 Å². The van der Waals surface area contributed by atoms with E-state index in [1.165, 1.54) is 24.8 Å². The Kier molecular flexibility index (Phi) is 6.52. The molecule has 1 N–H and O–H groups in total. The van der Waals surface area contributed by atoms with Crippen LogP contribution in [0.2, 0.25) is 0 Å². The lowest BCUT2D eigenvalue weighted by molar-refractivity contribution is -0.133. The second-order valence-corrected chi connectivity index (χ2v) is 11.3. The standard InChI is InChI=1S/C28H35N3O2S/c1-20(21-11-7-6-8-12-21)18-31-26(32)24-17-25-23(15-16-34-25)30(24)19-28(31,2)27(33)29-22-13-9-4-3-5-10-14-22/h6-8,11-12,15-17,20,22H,3-5,9-10,13-14,18-19H2,1-2H3,(H,29,33)/t20-,28-/m1/s1. The Balaban J connectivity index is 1.47.